The zero-order chi connectivity index (χ0) is 20.0. The van der Waals surface area contributed by atoms with Crippen LogP contribution < -0.4 is 19.5 Å². The number of carbonyl (C=O) groups is 2. The van der Waals surface area contributed by atoms with Gasteiger partial charge in [-0.3, -0.25) is 9.59 Å². The number of methoxy groups -OCH3 is 3. The average molecular weight is 392 g/mol. The predicted molar refractivity (Wildman–Crippen MR) is 104 cm³/mol. The molecule has 144 valence electrons. The van der Waals surface area contributed by atoms with E-state index in [0.717, 1.165) is 5.56 Å². The number of carbonyl (C=O) groups excluding carboxylic acids is 2. The molecule has 0 fully saturated rings. The maximum absolute atomic E-state index is 12.5. The SMILES string of the molecule is COc1cc(NC(=O)CCC(=O)c2cc(C)ccc2OC)c(OC)cc1Cl. The maximum Gasteiger partial charge on any atom is 0.224 e. The highest BCUT2D eigenvalue weighted by atomic mass is 35.5. The van der Waals surface area contributed by atoms with Gasteiger partial charge in [0.15, 0.2) is 5.78 Å². The zero-order valence-electron chi connectivity index (χ0n) is 15.7. The quantitative estimate of drug-likeness (QED) is 0.680. The molecule has 0 unspecified atom stereocenters. The van der Waals surface area contributed by atoms with E-state index >= 15 is 0 Å². The third kappa shape index (κ3) is 5.14. The van der Waals surface area contributed by atoms with Gasteiger partial charge in [-0.2, -0.15) is 0 Å². The first-order valence-corrected chi connectivity index (χ1v) is 8.66. The monoisotopic (exact) mass is 391 g/mol. The molecule has 2 rings (SSSR count). The Morgan fingerprint density at radius 1 is 0.926 bits per heavy atom. The van der Waals surface area contributed by atoms with Crippen LogP contribution in [0.4, 0.5) is 5.69 Å². The topological polar surface area (TPSA) is 73.9 Å². The molecule has 0 aliphatic carbocycles. The average Bonchev–Trinajstić information content (AvgIpc) is 2.66. The van der Waals surface area contributed by atoms with E-state index in [2.05, 4.69) is 5.32 Å². The number of amides is 1. The number of anilines is 1. The van der Waals surface area contributed by atoms with Crippen molar-refractivity contribution in [2.45, 2.75) is 19.8 Å². The Bertz CT molecular complexity index is 851. The van der Waals surface area contributed by atoms with Crippen molar-refractivity contribution in [1.82, 2.24) is 0 Å². The van der Waals surface area contributed by atoms with Crippen molar-refractivity contribution in [3.8, 4) is 17.2 Å². The van der Waals surface area contributed by atoms with Crippen LogP contribution in [0.15, 0.2) is 30.3 Å². The van der Waals surface area contributed by atoms with Crippen LogP contribution in [0.3, 0.4) is 0 Å². The molecule has 7 heteroatoms. The van der Waals surface area contributed by atoms with Gasteiger partial charge in [-0.15, -0.1) is 0 Å². The molecular weight excluding hydrogens is 370 g/mol. The van der Waals surface area contributed by atoms with E-state index in [1.807, 2.05) is 13.0 Å². The number of benzene rings is 2. The summed E-state index contributed by atoms with van der Waals surface area (Å²) in [6, 6.07) is 8.49. The van der Waals surface area contributed by atoms with Gasteiger partial charge in [0.2, 0.25) is 5.91 Å². The first-order valence-electron chi connectivity index (χ1n) is 8.28. The number of aryl methyl sites for hydroxylation is 1. The van der Waals surface area contributed by atoms with Gasteiger partial charge in [0.25, 0.3) is 0 Å². The molecule has 0 spiro atoms. The van der Waals surface area contributed by atoms with Gasteiger partial charge in [-0.05, 0) is 19.1 Å². The molecule has 27 heavy (non-hydrogen) atoms. The van der Waals surface area contributed by atoms with Crippen LogP contribution in [-0.4, -0.2) is 33.0 Å². The van der Waals surface area contributed by atoms with E-state index in [4.69, 9.17) is 25.8 Å². The number of nitrogens with one attached hydrogen (secondary N) is 1. The second-order valence-corrected chi connectivity index (χ2v) is 6.27. The number of ether oxygens (including phenoxy) is 3. The van der Waals surface area contributed by atoms with Crippen molar-refractivity contribution in [2.24, 2.45) is 0 Å². The summed E-state index contributed by atoms with van der Waals surface area (Å²) >= 11 is 6.05. The molecule has 0 bridgehead atoms. The van der Waals surface area contributed by atoms with E-state index < -0.39 is 0 Å². The molecule has 6 nitrogen and oxygen atoms in total. The lowest BCUT2D eigenvalue weighted by molar-refractivity contribution is -0.116. The Balaban J connectivity index is 2.07. The molecule has 0 aromatic heterocycles. The van der Waals surface area contributed by atoms with Crippen molar-refractivity contribution < 1.29 is 23.8 Å². The van der Waals surface area contributed by atoms with E-state index in [1.54, 1.807) is 24.3 Å². The molecule has 0 aliphatic heterocycles. The predicted octanol–water partition coefficient (Wildman–Crippen LogP) is 4.28. The first kappa shape index (κ1) is 20.6. The fourth-order valence-electron chi connectivity index (χ4n) is 2.57. The van der Waals surface area contributed by atoms with Crippen molar-refractivity contribution in [3.05, 3.63) is 46.5 Å². The summed E-state index contributed by atoms with van der Waals surface area (Å²) in [7, 11) is 4.46. The second kappa shape index (κ2) is 9.28. The number of rotatable bonds is 8. The third-order valence-electron chi connectivity index (χ3n) is 3.98. The maximum atomic E-state index is 12.5. The van der Waals surface area contributed by atoms with Gasteiger partial charge >= 0.3 is 0 Å². The Kier molecular flexibility index (Phi) is 7.07. The Hall–Kier alpha value is -2.73. The summed E-state index contributed by atoms with van der Waals surface area (Å²) in [6.07, 6.45) is 0.0721. The number of halogens is 1. The molecule has 1 N–H and O–H groups in total. The van der Waals surface area contributed by atoms with Crippen LogP contribution in [0.5, 0.6) is 17.2 Å². The Labute approximate surface area is 163 Å². The minimum Gasteiger partial charge on any atom is -0.496 e. The minimum absolute atomic E-state index is 0.0179. The summed E-state index contributed by atoms with van der Waals surface area (Å²) in [5.74, 6) is 0.827. The van der Waals surface area contributed by atoms with E-state index in [0.29, 0.717) is 33.5 Å². The highest BCUT2D eigenvalue weighted by Gasteiger charge is 2.16. The molecule has 0 radical (unpaired) electrons. The Morgan fingerprint density at radius 3 is 2.22 bits per heavy atom. The van der Waals surface area contributed by atoms with Gasteiger partial charge in [0.1, 0.15) is 17.2 Å². The summed E-state index contributed by atoms with van der Waals surface area (Å²) in [4.78, 5) is 24.8. The van der Waals surface area contributed by atoms with Gasteiger partial charge in [-0.1, -0.05) is 23.2 Å². The summed E-state index contributed by atoms with van der Waals surface area (Å²) in [5.41, 5.74) is 1.84. The summed E-state index contributed by atoms with van der Waals surface area (Å²) in [6.45, 7) is 1.89. The molecule has 0 saturated carbocycles. The smallest absolute Gasteiger partial charge is 0.224 e. The van der Waals surface area contributed by atoms with Crippen molar-refractivity contribution in [2.75, 3.05) is 26.6 Å². The summed E-state index contributed by atoms with van der Waals surface area (Å²) in [5, 5.41) is 3.09. The van der Waals surface area contributed by atoms with Crippen LogP contribution in [0, 0.1) is 6.92 Å². The standard InChI is InChI=1S/C20H22ClNO5/c1-12-5-7-17(25-2)13(9-12)16(23)6-8-20(24)22-15-11-18(26-3)14(21)10-19(15)27-4/h5,7,9-11H,6,8H2,1-4H3,(H,22,24). The lowest BCUT2D eigenvalue weighted by Gasteiger charge is -2.13. The number of hydrogen-bond donors (Lipinski definition) is 1. The minimum atomic E-state index is -0.322. The molecule has 0 atom stereocenters. The van der Waals surface area contributed by atoms with E-state index in [9.17, 15) is 9.59 Å². The van der Waals surface area contributed by atoms with Gasteiger partial charge in [-0.25, -0.2) is 0 Å². The molecule has 0 heterocycles. The van der Waals surface area contributed by atoms with Crippen molar-refractivity contribution in [3.63, 3.8) is 0 Å². The molecule has 0 aliphatic rings. The lowest BCUT2D eigenvalue weighted by atomic mass is 10.0. The third-order valence-corrected chi connectivity index (χ3v) is 4.28. The zero-order valence-corrected chi connectivity index (χ0v) is 16.5. The second-order valence-electron chi connectivity index (χ2n) is 5.86. The van der Waals surface area contributed by atoms with E-state index in [-0.39, 0.29) is 24.5 Å². The number of Topliss-reactive ketones (excluding diaryl/α,β-unsaturated/α-hetero) is 1. The molecule has 2 aromatic carbocycles. The van der Waals surface area contributed by atoms with Crippen LogP contribution in [0.2, 0.25) is 5.02 Å². The van der Waals surface area contributed by atoms with Crippen LogP contribution in [-0.2, 0) is 4.79 Å². The van der Waals surface area contributed by atoms with Crippen molar-refractivity contribution >= 4 is 29.0 Å². The van der Waals surface area contributed by atoms with Crippen LogP contribution in [0.1, 0.15) is 28.8 Å². The highest BCUT2D eigenvalue weighted by Crippen LogP contribution is 2.36. The lowest BCUT2D eigenvalue weighted by Crippen LogP contribution is -2.14. The summed E-state index contributed by atoms with van der Waals surface area (Å²) < 4.78 is 15.6. The fourth-order valence-corrected chi connectivity index (χ4v) is 2.80. The molecule has 2 aromatic rings. The van der Waals surface area contributed by atoms with Gasteiger partial charge in [0, 0.05) is 25.0 Å². The highest BCUT2D eigenvalue weighted by molar-refractivity contribution is 6.32. The molecule has 0 saturated heterocycles. The molecule has 1 amide bonds. The Morgan fingerprint density at radius 2 is 1.59 bits per heavy atom. The largest absolute Gasteiger partial charge is 0.496 e. The fraction of sp³-hybridized carbons (Fsp3) is 0.300. The number of ketones is 1. The van der Waals surface area contributed by atoms with Crippen LogP contribution in [0.25, 0.3) is 0 Å². The van der Waals surface area contributed by atoms with Gasteiger partial charge < -0.3 is 19.5 Å². The van der Waals surface area contributed by atoms with Crippen LogP contribution >= 0.6 is 11.6 Å². The molecular formula is C20H22ClNO5. The number of hydrogen-bond acceptors (Lipinski definition) is 5. The van der Waals surface area contributed by atoms with E-state index in [1.165, 1.54) is 21.3 Å². The van der Waals surface area contributed by atoms with Gasteiger partial charge in [0.05, 0.1) is 37.6 Å². The first-order chi connectivity index (χ1) is 12.9. The van der Waals surface area contributed by atoms with Crippen molar-refractivity contribution in [1.29, 1.82) is 0 Å². The normalized spacial score (nSPS) is 10.3.